The van der Waals surface area contributed by atoms with E-state index in [1.54, 1.807) is 12.1 Å². The van der Waals surface area contributed by atoms with Crippen molar-refractivity contribution in [1.29, 1.82) is 10.7 Å². The molecule has 200 valence electrons. The van der Waals surface area contributed by atoms with Crippen LogP contribution in [0.4, 0.5) is 18.9 Å². The van der Waals surface area contributed by atoms with Crippen molar-refractivity contribution in [2.75, 3.05) is 4.90 Å². The van der Waals surface area contributed by atoms with Crippen LogP contribution in [0.25, 0.3) is 0 Å². The lowest BCUT2D eigenvalue weighted by Gasteiger charge is -2.49. The third-order valence-corrected chi connectivity index (χ3v) is 8.63. The van der Waals surface area contributed by atoms with Gasteiger partial charge in [0.1, 0.15) is 11.8 Å². The van der Waals surface area contributed by atoms with Gasteiger partial charge in [0.05, 0.1) is 22.8 Å². The minimum absolute atomic E-state index is 0.0132. The highest BCUT2D eigenvalue weighted by atomic mass is 28.3. The summed E-state index contributed by atoms with van der Waals surface area (Å²) in [4.78, 5) is 27.1. The van der Waals surface area contributed by atoms with E-state index in [0.717, 1.165) is 23.1 Å². The lowest BCUT2D eigenvalue weighted by Crippen LogP contribution is -2.58. The largest absolute Gasteiger partial charge is 0.478 e. The smallest absolute Gasteiger partial charge is 0.416 e. The van der Waals surface area contributed by atoms with Crippen LogP contribution in [0.1, 0.15) is 30.0 Å². The van der Waals surface area contributed by atoms with Crippen LogP contribution < -0.4 is 10.6 Å². The number of carbonyl (C=O) groups excluding carboxylic acids is 1. The number of rotatable bonds is 7. The average Bonchev–Trinajstić information content (AvgIpc) is 2.81. The summed E-state index contributed by atoms with van der Waals surface area (Å²) in [5.41, 5.74) is 3.71. The molecule has 1 amide bonds. The first kappa shape index (κ1) is 28.7. The first-order valence-corrected chi connectivity index (χ1v) is 15.6. The fourth-order valence-electron chi connectivity index (χ4n) is 5.14. The van der Waals surface area contributed by atoms with Crippen LogP contribution in [0.5, 0.6) is 0 Å². The molecule has 2 aromatic carbocycles. The summed E-state index contributed by atoms with van der Waals surface area (Å²) < 4.78 is 40.5. The van der Waals surface area contributed by atoms with Gasteiger partial charge in [-0.1, -0.05) is 43.9 Å². The molecule has 1 aliphatic heterocycles. The molecule has 4 N–H and O–H groups in total. The Balaban J connectivity index is 2.43. The van der Waals surface area contributed by atoms with Gasteiger partial charge < -0.3 is 15.7 Å². The van der Waals surface area contributed by atoms with Gasteiger partial charge in [-0.05, 0) is 49.2 Å². The lowest BCUT2D eigenvalue weighted by molar-refractivity contribution is -0.137. The summed E-state index contributed by atoms with van der Waals surface area (Å²) in [7, 11) is -1.85. The van der Waals surface area contributed by atoms with E-state index in [9.17, 15) is 33.1 Å². The molecule has 1 heterocycles. The van der Waals surface area contributed by atoms with Crippen LogP contribution in [-0.2, 0) is 21.2 Å². The van der Waals surface area contributed by atoms with Crippen molar-refractivity contribution < 1.29 is 27.9 Å². The molecule has 11 heteroatoms. The van der Waals surface area contributed by atoms with Crippen LogP contribution in [0.15, 0.2) is 59.8 Å². The zero-order valence-electron chi connectivity index (χ0n) is 21.5. The van der Waals surface area contributed by atoms with E-state index in [1.807, 2.05) is 6.07 Å². The maximum Gasteiger partial charge on any atom is 0.416 e. The van der Waals surface area contributed by atoms with Gasteiger partial charge in [-0.25, -0.2) is 4.79 Å². The number of nitrogens with two attached hydrogens (primary N) is 1. The monoisotopic (exact) mass is 542 g/mol. The van der Waals surface area contributed by atoms with Gasteiger partial charge in [0.2, 0.25) is 5.91 Å². The number of hydrogen-bond donors (Lipinski definition) is 3. The van der Waals surface area contributed by atoms with Crippen molar-refractivity contribution in [3.8, 4) is 6.07 Å². The highest BCUT2D eigenvalue weighted by molar-refractivity contribution is 6.76. The topological polar surface area (TPSA) is 131 Å². The molecule has 7 nitrogen and oxygen atoms in total. The Morgan fingerprint density at radius 2 is 1.79 bits per heavy atom. The number of allylic oxidation sites excluding steroid dienone is 1. The van der Waals surface area contributed by atoms with E-state index in [4.69, 9.17) is 11.1 Å². The van der Waals surface area contributed by atoms with Gasteiger partial charge in [-0.15, -0.1) is 0 Å². The molecule has 2 aromatic rings. The van der Waals surface area contributed by atoms with Gasteiger partial charge in [0.25, 0.3) is 0 Å². The fraction of sp³-hybridized carbons (Fsp3) is 0.333. The molecule has 1 aliphatic rings. The SMILES string of the molecule is CC1=C(C(=O)O)C(CC[Si](C)(C)C)(c2ccc(C#N)cc2)C(C(N)=O)C(=N)N1c1cccc(C(F)(F)F)c1. The number of anilines is 1. The standard InChI is InChI=1S/C27H29F3N4O3Si/c1-16-21(25(36)37)26(12-13-38(2,3)4,18-10-8-17(15-31)9-11-18)22(24(33)35)23(32)34(16)20-7-5-6-19(14-20)27(28,29)30/h5-11,14,22,32H,12-13H2,1-4H3,(H2,33,35)(H,36,37). The highest BCUT2D eigenvalue weighted by Gasteiger charge is 2.56. The number of halogens is 3. The van der Waals surface area contributed by atoms with E-state index in [2.05, 4.69) is 19.6 Å². The van der Waals surface area contributed by atoms with Crippen molar-refractivity contribution >= 4 is 31.5 Å². The predicted molar refractivity (Wildman–Crippen MR) is 140 cm³/mol. The second-order valence-electron chi connectivity index (χ2n) is 10.6. The Kier molecular flexibility index (Phi) is 7.61. The Morgan fingerprint density at radius 3 is 2.26 bits per heavy atom. The van der Waals surface area contributed by atoms with Gasteiger partial charge in [-0.3, -0.25) is 10.2 Å². The van der Waals surface area contributed by atoms with Crippen molar-refractivity contribution in [2.45, 2.75) is 50.6 Å². The normalized spacial score (nSPS) is 20.3. The minimum Gasteiger partial charge on any atom is -0.478 e. The molecule has 0 radical (unpaired) electrons. The number of carboxylic acids is 1. The molecule has 0 spiro atoms. The van der Waals surface area contributed by atoms with Crippen LogP contribution in [0, 0.1) is 22.7 Å². The molecule has 38 heavy (non-hydrogen) atoms. The molecule has 0 fully saturated rings. The number of nitrogens with one attached hydrogen (secondary N) is 1. The van der Waals surface area contributed by atoms with Crippen LogP contribution >= 0.6 is 0 Å². The number of primary amides is 1. The number of carboxylic acid groups (broad SMARTS) is 1. The lowest BCUT2D eigenvalue weighted by atomic mass is 9.60. The number of amides is 1. The zero-order chi connectivity index (χ0) is 28.6. The molecule has 2 atom stereocenters. The molecular weight excluding hydrogens is 513 g/mol. The number of benzene rings is 2. The third-order valence-electron chi connectivity index (χ3n) is 6.88. The third kappa shape index (κ3) is 5.22. The van der Waals surface area contributed by atoms with Gasteiger partial charge in [0.15, 0.2) is 0 Å². The second kappa shape index (κ2) is 10.1. The number of carbonyl (C=O) groups is 2. The summed E-state index contributed by atoms with van der Waals surface area (Å²) in [6.45, 7) is 7.67. The molecule has 0 bridgehead atoms. The van der Waals surface area contributed by atoms with Crippen LogP contribution in [-0.4, -0.2) is 30.9 Å². The number of nitriles is 1. The number of alkyl halides is 3. The number of aliphatic carboxylic acids is 1. The Morgan fingerprint density at radius 1 is 1.18 bits per heavy atom. The molecule has 0 aromatic heterocycles. The first-order valence-electron chi connectivity index (χ1n) is 11.8. The van der Waals surface area contributed by atoms with Gasteiger partial charge >= 0.3 is 12.1 Å². The summed E-state index contributed by atoms with van der Waals surface area (Å²) in [6, 6.07) is 12.8. The van der Waals surface area contributed by atoms with Gasteiger partial charge in [-0.2, -0.15) is 18.4 Å². The quantitative estimate of drug-likeness (QED) is 0.398. The summed E-state index contributed by atoms with van der Waals surface area (Å²) in [6.07, 6.45) is -4.51. The first-order chi connectivity index (χ1) is 17.5. The molecule has 0 saturated heterocycles. The van der Waals surface area contributed by atoms with E-state index in [0.29, 0.717) is 17.2 Å². The Labute approximate surface area is 219 Å². The van der Waals surface area contributed by atoms with Gasteiger partial charge in [0, 0.05) is 24.9 Å². The summed E-state index contributed by atoms with van der Waals surface area (Å²) in [5, 5.41) is 28.9. The van der Waals surface area contributed by atoms with Crippen LogP contribution in [0.3, 0.4) is 0 Å². The maximum atomic E-state index is 13.5. The van der Waals surface area contributed by atoms with Crippen LogP contribution in [0.2, 0.25) is 25.7 Å². The fourth-order valence-corrected chi connectivity index (χ4v) is 6.28. The van der Waals surface area contributed by atoms with E-state index in [-0.39, 0.29) is 23.4 Å². The molecule has 2 unspecified atom stereocenters. The second-order valence-corrected chi connectivity index (χ2v) is 16.2. The van der Waals surface area contributed by atoms with E-state index < -0.39 is 48.9 Å². The minimum atomic E-state index is -4.67. The van der Waals surface area contributed by atoms with E-state index >= 15 is 0 Å². The Bertz CT molecular complexity index is 1360. The number of amidine groups is 1. The van der Waals surface area contributed by atoms with E-state index in [1.165, 1.54) is 25.1 Å². The molecule has 0 saturated carbocycles. The zero-order valence-corrected chi connectivity index (χ0v) is 22.5. The van der Waals surface area contributed by atoms with Crippen molar-refractivity contribution in [1.82, 2.24) is 0 Å². The molecule has 0 aliphatic carbocycles. The van der Waals surface area contributed by atoms with Crippen molar-refractivity contribution in [3.05, 3.63) is 76.5 Å². The summed E-state index contributed by atoms with van der Waals surface area (Å²) in [5.74, 6) is -4.27. The Hall–Kier alpha value is -3.91. The van der Waals surface area contributed by atoms with Crippen molar-refractivity contribution in [3.63, 3.8) is 0 Å². The highest BCUT2D eigenvalue weighted by Crippen LogP contribution is 2.51. The molecular formula is C27H29F3N4O3Si. The number of nitrogens with zero attached hydrogens (tertiary/aromatic N) is 2. The maximum absolute atomic E-state index is 13.5. The predicted octanol–water partition coefficient (Wildman–Crippen LogP) is 5.50. The summed E-state index contributed by atoms with van der Waals surface area (Å²) >= 11 is 0. The number of hydrogen-bond acceptors (Lipinski definition) is 4. The molecule has 3 rings (SSSR count). The van der Waals surface area contributed by atoms with Crippen molar-refractivity contribution in [2.24, 2.45) is 11.7 Å². The average molecular weight is 543 g/mol.